The predicted molar refractivity (Wildman–Crippen MR) is 79.9 cm³/mol. The fourth-order valence-electron chi connectivity index (χ4n) is 1.64. The second-order valence-corrected chi connectivity index (χ2v) is 5.04. The summed E-state index contributed by atoms with van der Waals surface area (Å²) < 4.78 is 39.2. The first-order valence-corrected chi connectivity index (χ1v) is 6.77. The fourth-order valence-corrected chi connectivity index (χ4v) is 2.13. The van der Waals surface area contributed by atoms with Gasteiger partial charge in [-0.05, 0) is 24.3 Å². The van der Waals surface area contributed by atoms with Crippen molar-refractivity contribution in [2.75, 3.05) is 17.2 Å². The number of hydrogen-bond donors (Lipinski definition) is 2. The zero-order chi connectivity index (χ0) is 16.3. The lowest BCUT2D eigenvalue weighted by Gasteiger charge is -2.11. The summed E-state index contributed by atoms with van der Waals surface area (Å²) in [6.07, 6.45) is 0. The quantitative estimate of drug-likeness (QED) is 0.801. The molecule has 2 rings (SSSR count). The molecule has 0 unspecified atom stereocenters. The van der Waals surface area contributed by atoms with Crippen molar-refractivity contribution in [1.82, 2.24) is 0 Å². The van der Waals surface area contributed by atoms with Gasteiger partial charge in [-0.15, -0.1) is 0 Å². The summed E-state index contributed by atoms with van der Waals surface area (Å²) in [7, 11) is 0. The molecule has 0 spiro atoms. The van der Waals surface area contributed by atoms with Gasteiger partial charge in [0.1, 0.15) is 0 Å². The average molecular weight is 349 g/mol. The molecule has 3 nitrogen and oxygen atoms in total. The molecule has 116 valence electrons. The standard InChI is InChI=1S/C14H9Cl2F3N2O/c15-7-2-1-3-8(16)14(7)21-11(22)6-20-10-5-4-9(17)12(18)13(10)19/h1-5,20H,6H2,(H,21,22). The van der Waals surface area contributed by atoms with Crippen LogP contribution in [0.1, 0.15) is 0 Å². The Kier molecular flexibility index (Phi) is 5.15. The van der Waals surface area contributed by atoms with Crippen LogP contribution < -0.4 is 10.6 Å². The van der Waals surface area contributed by atoms with E-state index in [-0.39, 0.29) is 28.0 Å². The van der Waals surface area contributed by atoms with Gasteiger partial charge in [-0.3, -0.25) is 4.79 Å². The molecule has 0 atom stereocenters. The maximum absolute atomic E-state index is 13.4. The summed E-state index contributed by atoms with van der Waals surface area (Å²) >= 11 is 11.8. The molecule has 1 amide bonds. The van der Waals surface area contributed by atoms with Gasteiger partial charge in [0, 0.05) is 0 Å². The van der Waals surface area contributed by atoms with Crippen LogP contribution >= 0.6 is 23.2 Å². The lowest BCUT2D eigenvalue weighted by molar-refractivity contribution is -0.114. The Balaban J connectivity index is 2.04. The van der Waals surface area contributed by atoms with Crippen LogP contribution in [0.5, 0.6) is 0 Å². The van der Waals surface area contributed by atoms with Gasteiger partial charge in [0.05, 0.1) is 28.0 Å². The van der Waals surface area contributed by atoms with E-state index < -0.39 is 23.4 Å². The van der Waals surface area contributed by atoms with Crippen molar-refractivity contribution in [2.45, 2.75) is 0 Å². The Hall–Kier alpha value is -1.92. The van der Waals surface area contributed by atoms with Crippen LogP contribution in [0, 0.1) is 17.5 Å². The summed E-state index contributed by atoms with van der Waals surface area (Å²) in [5.41, 5.74) is -0.123. The van der Waals surface area contributed by atoms with E-state index >= 15 is 0 Å². The summed E-state index contributed by atoms with van der Waals surface area (Å²) in [5, 5.41) is 5.27. The molecule has 0 aliphatic carbocycles. The fraction of sp³-hybridized carbons (Fsp3) is 0.0714. The number of hydrogen-bond acceptors (Lipinski definition) is 2. The molecule has 0 saturated heterocycles. The molecule has 0 saturated carbocycles. The van der Waals surface area contributed by atoms with Gasteiger partial charge in [0.25, 0.3) is 0 Å². The van der Waals surface area contributed by atoms with Crippen LogP contribution in [-0.4, -0.2) is 12.5 Å². The van der Waals surface area contributed by atoms with Crippen molar-refractivity contribution in [3.63, 3.8) is 0 Å². The van der Waals surface area contributed by atoms with E-state index in [1.807, 2.05) is 0 Å². The van der Waals surface area contributed by atoms with Gasteiger partial charge in [-0.25, -0.2) is 13.2 Å². The third-order valence-corrected chi connectivity index (χ3v) is 3.33. The molecule has 0 fully saturated rings. The van der Waals surface area contributed by atoms with E-state index in [4.69, 9.17) is 23.2 Å². The number of para-hydroxylation sites is 1. The molecule has 0 aliphatic rings. The number of rotatable bonds is 4. The van der Waals surface area contributed by atoms with E-state index in [0.717, 1.165) is 12.1 Å². The van der Waals surface area contributed by atoms with Crippen molar-refractivity contribution >= 4 is 40.5 Å². The van der Waals surface area contributed by atoms with Crippen molar-refractivity contribution in [1.29, 1.82) is 0 Å². The van der Waals surface area contributed by atoms with Crippen LogP contribution in [0.15, 0.2) is 30.3 Å². The summed E-state index contributed by atoms with van der Waals surface area (Å²) in [6.45, 7) is -0.385. The molecule has 2 aromatic rings. The second-order valence-electron chi connectivity index (χ2n) is 4.22. The summed E-state index contributed by atoms with van der Waals surface area (Å²) in [6, 6.07) is 6.42. The first-order chi connectivity index (χ1) is 10.4. The molecule has 2 aromatic carbocycles. The predicted octanol–water partition coefficient (Wildman–Crippen LogP) is 4.46. The smallest absolute Gasteiger partial charge is 0.243 e. The number of nitrogens with one attached hydrogen (secondary N) is 2. The molecular weight excluding hydrogens is 340 g/mol. The van der Waals surface area contributed by atoms with E-state index in [1.54, 1.807) is 6.07 Å². The third kappa shape index (κ3) is 3.64. The zero-order valence-electron chi connectivity index (χ0n) is 10.9. The molecule has 2 N–H and O–H groups in total. The lowest BCUT2D eigenvalue weighted by Crippen LogP contribution is -2.22. The van der Waals surface area contributed by atoms with E-state index in [0.29, 0.717) is 0 Å². The molecule has 0 radical (unpaired) electrons. The number of amides is 1. The Bertz CT molecular complexity index is 705. The first-order valence-electron chi connectivity index (χ1n) is 6.01. The number of anilines is 2. The van der Waals surface area contributed by atoms with Crippen LogP contribution in [0.2, 0.25) is 10.0 Å². The maximum Gasteiger partial charge on any atom is 0.243 e. The van der Waals surface area contributed by atoms with Gasteiger partial charge in [0.15, 0.2) is 17.5 Å². The van der Waals surface area contributed by atoms with E-state index in [9.17, 15) is 18.0 Å². The normalized spacial score (nSPS) is 10.4. The van der Waals surface area contributed by atoms with Crippen molar-refractivity contribution in [3.8, 4) is 0 Å². The molecule has 8 heteroatoms. The van der Waals surface area contributed by atoms with Crippen molar-refractivity contribution in [3.05, 3.63) is 57.8 Å². The van der Waals surface area contributed by atoms with Crippen LogP contribution in [-0.2, 0) is 4.79 Å². The van der Waals surface area contributed by atoms with E-state index in [1.165, 1.54) is 12.1 Å². The molecule has 22 heavy (non-hydrogen) atoms. The highest BCUT2D eigenvalue weighted by Crippen LogP contribution is 2.29. The molecule has 0 aliphatic heterocycles. The van der Waals surface area contributed by atoms with Gasteiger partial charge < -0.3 is 10.6 Å². The Labute approximate surface area is 134 Å². The number of carbonyl (C=O) groups excluding carboxylic acids is 1. The number of carbonyl (C=O) groups is 1. The zero-order valence-corrected chi connectivity index (χ0v) is 12.4. The van der Waals surface area contributed by atoms with Gasteiger partial charge >= 0.3 is 0 Å². The van der Waals surface area contributed by atoms with Crippen molar-refractivity contribution < 1.29 is 18.0 Å². The molecule has 0 heterocycles. The van der Waals surface area contributed by atoms with Crippen LogP contribution in [0.3, 0.4) is 0 Å². The summed E-state index contributed by atoms with van der Waals surface area (Å²) in [4.78, 5) is 11.8. The summed E-state index contributed by atoms with van der Waals surface area (Å²) in [5.74, 6) is -4.90. The largest absolute Gasteiger partial charge is 0.374 e. The highest BCUT2D eigenvalue weighted by molar-refractivity contribution is 6.39. The monoisotopic (exact) mass is 348 g/mol. The minimum Gasteiger partial charge on any atom is -0.374 e. The number of benzene rings is 2. The second kappa shape index (κ2) is 6.89. The minimum atomic E-state index is -1.61. The van der Waals surface area contributed by atoms with Crippen LogP contribution in [0.25, 0.3) is 0 Å². The number of halogens is 5. The topological polar surface area (TPSA) is 41.1 Å². The Morgan fingerprint density at radius 2 is 1.64 bits per heavy atom. The Morgan fingerprint density at radius 3 is 2.27 bits per heavy atom. The highest BCUT2D eigenvalue weighted by atomic mass is 35.5. The van der Waals surface area contributed by atoms with Crippen molar-refractivity contribution in [2.24, 2.45) is 0 Å². The van der Waals surface area contributed by atoms with Gasteiger partial charge in [-0.1, -0.05) is 29.3 Å². The SMILES string of the molecule is O=C(CNc1ccc(F)c(F)c1F)Nc1c(Cl)cccc1Cl. The molecule has 0 aromatic heterocycles. The first kappa shape index (κ1) is 16.5. The Morgan fingerprint density at radius 1 is 1.00 bits per heavy atom. The third-order valence-electron chi connectivity index (χ3n) is 2.70. The average Bonchev–Trinajstić information content (AvgIpc) is 2.48. The maximum atomic E-state index is 13.4. The van der Waals surface area contributed by atoms with Gasteiger partial charge in [-0.2, -0.15) is 0 Å². The van der Waals surface area contributed by atoms with E-state index in [2.05, 4.69) is 10.6 Å². The lowest BCUT2D eigenvalue weighted by atomic mass is 10.2. The molecular formula is C14H9Cl2F3N2O. The molecule has 0 bridgehead atoms. The minimum absolute atomic E-state index is 0.211. The highest BCUT2D eigenvalue weighted by Gasteiger charge is 2.14. The van der Waals surface area contributed by atoms with Crippen LogP contribution in [0.4, 0.5) is 24.5 Å². The van der Waals surface area contributed by atoms with Gasteiger partial charge in [0.2, 0.25) is 5.91 Å².